The van der Waals surface area contributed by atoms with Crippen LogP contribution in [0.3, 0.4) is 0 Å². The largest absolute Gasteiger partial charge is 0.446 e. The summed E-state index contributed by atoms with van der Waals surface area (Å²) in [6.45, 7) is 0. The van der Waals surface area contributed by atoms with Crippen LogP contribution >= 0.6 is 0 Å². The van der Waals surface area contributed by atoms with Crippen LogP contribution in [0.25, 0.3) is 0 Å². The van der Waals surface area contributed by atoms with Gasteiger partial charge in [-0.3, -0.25) is 9.59 Å². The van der Waals surface area contributed by atoms with Crippen molar-refractivity contribution < 1.29 is 19.2 Å². The lowest BCUT2D eigenvalue weighted by atomic mass is 10.2. The highest BCUT2D eigenvalue weighted by Crippen LogP contribution is 2.32. The standard InChI is InChI=1S/C17H12N2O4/c20-15-9-11-5-1-3-7-13(11)18(15)17(22)23-19-14-8-4-2-6-12(14)10-16(19)21/h1-8H,9-10H2. The van der Waals surface area contributed by atoms with Crippen molar-refractivity contribution in [2.75, 3.05) is 9.96 Å². The molecule has 2 aromatic rings. The second-order valence-corrected chi connectivity index (χ2v) is 5.39. The van der Waals surface area contributed by atoms with E-state index in [0.717, 1.165) is 21.1 Å². The summed E-state index contributed by atoms with van der Waals surface area (Å²) in [5.74, 6) is -0.699. The Morgan fingerprint density at radius 3 is 2.13 bits per heavy atom. The third-order valence-corrected chi connectivity index (χ3v) is 3.95. The number of rotatable bonds is 1. The predicted octanol–water partition coefficient (Wildman–Crippen LogP) is 2.22. The molecule has 0 unspecified atom stereocenters. The lowest BCUT2D eigenvalue weighted by molar-refractivity contribution is -0.123. The van der Waals surface area contributed by atoms with Crippen molar-refractivity contribution in [1.29, 1.82) is 0 Å². The molecule has 2 aliphatic rings. The van der Waals surface area contributed by atoms with E-state index >= 15 is 0 Å². The second kappa shape index (κ2) is 4.95. The first-order chi connectivity index (χ1) is 11.1. The molecule has 2 aliphatic heterocycles. The summed E-state index contributed by atoms with van der Waals surface area (Å²) in [5, 5.41) is 0.964. The third kappa shape index (κ3) is 2.07. The molecule has 114 valence electrons. The molecule has 4 rings (SSSR count). The number of carbonyl (C=O) groups is 3. The van der Waals surface area contributed by atoms with Crippen molar-refractivity contribution >= 4 is 29.3 Å². The molecule has 0 saturated heterocycles. The summed E-state index contributed by atoms with van der Waals surface area (Å²) >= 11 is 0. The third-order valence-electron chi connectivity index (χ3n) is 3.95. The van der Waals surface area contributed by atoms with Gasteiger partial charge in [-0.2, -0.15) is 0 Å². The van der Waals surface area contributed by atoms with Crippen molar-refractivity contribution in [3.8, 4) is 0 Å². The average Bonchev–Trinajstić information content (AvgIpc) is 3.04. The molecule has 0 N–H and O–H groups in total. The monoisotopic (exact) mass is 308 g/mol. The van der Waals surface area contributed by atoms with Crippen LogP contribution in [0.5, 0.6) is 0 Å². The molecule has 0 bridgehead atoms. The van der Waals surface area contributed by atoms with Crippen molar-refractivity contribution in [2.24, 2.45) is 0 Å². The number of para-hydroxylation sites is 2. The fourth-order valence-electron chi connectivity index (χ4n) is 2.90. The number of hydrogen-bond donors (Lipinski definition) is 0. The molecule has 0 aromatic heterocycles. The number of amides is 3. The molecule has 6 nitrogen and oxygen atoms in total. The number of nitrogens with zero attached hydrogens (tertiary/aromatic N) is 2. The minimum absolute atomic E-state index is 0.149. The number of carbonyl (C=O) groups excluding carboxylic acids is 3. The number of hydroxylamine groups is 1. The first-order valence-electron chi connectivity index (χ1n) is 7.19. The number of anilines is 2. The normalized spacial score (nSPS) is 15.7. The summed E-state index contributed by atoms with van der Waals surface area (Å²) in [6, 6.07) is 14.1. The molecule has 0 atom stereocenters. The lowest BCUT2D eigenvalue weighted by Gasteiger charge is -2.20. The van der Waals surface area contributed by atoms with E-state index in [2.05, 4.69) is 0 Å². The van der Waals surface area contributed by atoms with Crippen LogP contribution in [0.1, 0.15) is 11.1 Å². The quantitative estimate of drug-likeness (QED) is 0.810. The van der Waals surface area contributed by atoms with Gasteiger partial charge in [-0.25, -0.2) is 9.69 Å². The van der Waals surface area contributed by atoms with E-state index in [4.69, 9.17) is 4.84 Å². The molecule has 2 heterocycles. The molecule has 6 heteroatoms. The lowest BCUT2D eigenvalue weighted by Crippen LogP contribution is -2.40. The van der Waals surface area contributed by atoms with Crippen molar-refractivity contribution in [1.82, 2.24) is 0 Å². The fourth-order valence-corrected chi connectivity index (χ4v) is 2.90. The molecule has 3 amide bonds. The molecule has 23 heavy (non-hydrogen) atoms. The highest BCUT2D eigenvalue weighted by Gasteiger charge is 2.37. The number of benzene rings is 2. The maximum absolute atomic E-state index is 12.4. The Balaban J connectivity index is 1.62. The number of hydrogen-bond acceptors (Lipinski definition) is 4. The van der Waals surface area contributed by atoms with E-state index in [0.29, 0.717) is 11.4 Å². The molecular weight excluding hydrogens is 296 g/mol. The first kappa shape index (κ1) is 13.5. The molecule has 0 saturated carbocycles. The summed E-state index contributed by atoms with van der Waals surface area (Å²) in [4.78, 5) is 42.8. The molecule has 2 aromatic carbocycles. The van der Waals surface area contributed by atoms with Gasteiger partial charge in [-0.05, 0) is 23.3 Å². The van der Waals surface area contributed by atoms with Crippen molar-refractivity contribution in [2.45, 2.75) is 12.8 Å². The maximum atomic E-state index is 12.4. The Labute approximate surface area is 131 Å². The summed E-state index contributed by atoms with van der Waals surface area (Å²) in [5.41, 5.74) is 2.59. The van der Waals surface area contributed by atoms with E-state index in [1.54, 1.807) is 42.5 Å². The van der Waals surface area contributed by atoms with Crippen LogP contribution in [0.4, 0.5) is 16.2 Å². The zero-order chi connectivity index (χ0) is 16.0. The number of imide groups is 1. The fraction of sp³-hybridized carbons (Fsp3) is 0.118. The zero-order valence-electron chi connectivity index (χ0n) is 12.1. The second-order valence-electron chi connectivity index (χ2n) is 5.39. The zero-order valence-corrected chi connectivity index (χ0v) is 12.1. The minimum atomic E-state index is -0.870. The van der Waals surface area contributed by atoms with Crippen LogP contribution in [0, 0.1) is 0 Å². The van der Waals surface area contributed by atoms with Crippen LogP contribution in [-0.4, -0.2) is 17.9 Å². The van der Waals surface area contributed by atoms with Crippen molar-refractivity contribution in [3.05, 3.63) is 59.7 Å². The molecule has 0 fully saturated rings. The van der Waals surface area contributed by atoms with Gasteiger partial charge in [-0.1, -0.05) is 36.4 Å². The Morgan fingerprint density at radius 2 is 1.39 bits per heavy atom. The molecule has 0 aliphatic carbocycles. The minimum Gasteiger partial charge on any atom is -0.313 e. The summed E-state index contributed by atoms with van der Waals surface area (Å²) in [6.07, 6.45) is -0.547. The van der Waals surface area contributed by atoms with E-state index in [1.165, 1.54) is 0 Å². The topological polar surface area (TPSA) is 66.9 Å². The van der Waals surface area contributed by atoms with Crippen LogP contribution in [-0.2, 0) is 27.3 Å². The van der Waals surface area contributed by atoms with E-state index in [-0.39, 0.29) is 24.7 Å². The Bertz CT molecular complexity index is 846. The van der Waals surface area contributed by atoms with Gasteiger partial charge >= 0.3 is 6.09 Å². The predicted molar refractivity (Wildman–Crippen MR) is 81.7 cm³/mol. The molecule has 0 spiro atoms. The van der Waals surface area contributed by atoms with Crippen molar-refractivity contribution in [3.63, 3.8) is 0 Å². The maximum Gasteiger partial charge on any atom is 0.446 e. The average molecular weight is 308 g/mol. The van der Waals surface area contributed by atoms with Crippen LogP contribution < -0.4 is 9.96 Å². The van der Waals surface area contributed by atoms with Gasteiger partial charge in [-0.15, -0.1) is 5.06 Å². The van der Waals surface area contributed by atoms with Gasteiger partial charge in [0, 0.05) is 0 Å². The van der Waals surface area contributed by atoms with Gasteiger partial charge < -0.3 is 4.84 Å². The Hall–Kier alpha value is -3.15. The summed E-state index contributed by atoms with van der Waals surface area (Å²) < 4.78 is 0. The summed E-state index contributed by atoms with van der Waals surface area (Å²) in [7, 11) is 0. The van der Waals surface area contributed by atoms with Gasteiger partial charge in [0.1, 0.15) is 0 Å². The first-order valence-corrected chi connectivity index (χ1v) is 7.19. The van der Waals surface area contributed by atoms with E-state index in [1.807, 2.05) is 6.07 Å². The highest BCUT2D eigenvalue weighted by molar-refractivity contribution is 6.17. The smallest absolute Gasteiger partial charge is 0.313 e. The SMILES string of the molecule is O=C1Cc2ccccc2N1OC(=O)N1C(=O)Cc2ccccc21. The molecule has 0 radical (unpaired) electrons. The van der Waals surface area contributed by atoms with E-state index in [9.17, 15) is 14.4 Å². The molecular formula is C17H12N2O4. The Morgan fingerprint density at radius 1 is 0.826 bits per heavy atom. The highest BCUT2D eigenvalue weighted by atomic mass is 16.7. The van der Waals surface area contributed by atoms with Gasteiger partial charge in [0.25, 0.3) is 5.91 Å². The van der Waals surface area contributed by atoms with Gasteiger partial charge in [0.2, 0.25) is 5.91 Å². The Kier molecular flexibility index (Phi) is 2.90. The van der Waals surface area contributed by atoms with Gasteiger partial charge in [0.15, 0.2) is 0 Å². The van der Waals surface area contributed by atoms with Crippen LogP contribution in [0.15, 0.2) is 48.5 Å². The van der Waals surface area contributed by atoms with Crippen LogP contribution in [0.2, 0.25) is 0 Å². The number of fused-ring (bicyclic) bond motifs is 2. The van der Waals surface area contributed by atoms with E-state index < -0.39 is 6.09 Å². The van der Waals surface area contributed by atoms with Gasteiger partial charge in [0.05, 0.1) is 24.2 Å².